The minimum atomic E-state index is 0.243. The van der Waals surface area contributed by atoms with Crippen molar-refractivity contribution in [2.45, 2.75) is 26.2 Å². The summed E-state index contributed by atoms with van der Waals surface area (Å²) in [7, 11) is 0. The topological polar surface area (TPSA) is 63.3 Å². The number of fused-ring (bicyclic) bond motifs is 5. The Bertz CT molecular complexity index is 1060. The molecule has 1 atom stereocenters. The molecule has 1 aromatic carbocycles. The zero-order valence-corrected chi connectivity index (χ0v) is 14.0. The Morgan fingerprint density at radius 2 is 2.08 bits per heavy atom. The van der Waals surface area contributed by atoms with Crippen LogP contribution in [0.4, 0.5) is 0 Å². The molecular formula is C18H16N4OS. The molecule has 5 rings (SSSR count). The van der Waals surface area contributed by atoms with Gasteiger partial charge in [0.25, 0.3) is 0 Å². The van der Waals surface area contributed by atoms with Gasteiger partial charge in [0, 0.05) is 10.4 Å². The quantitative estimate of drug-likeness (QED) is 0.574. The smallest absolute Gasteiger partial charge is 0.182 e. The first kappa shape index (κ1) is 13.9. The fourth-order valence-electron chi connectivity index (χ4n) is 3.48. The summed E-state index contributed by atoms with van der Waals surface area (Å²) in [5.74, 6) is 1.61. The standard InChI is InChI=1S/C18H16N4OS/c1-10-2-7-14-13(8-10)15-17-20-16(11-3-5-12(23)6-4-11)21-22(17)9-19-18(15)24-14/h3-6,9-10,23H,2,7-8H2,1H3/t10-/m0/s1. The van der Waals surface area contributed by atoms with Crippen LogP contribution in [0, 0.1) is 5.92 Å². The van der Waals surface area contributed by atoms with Crippen molar-refractivity contribution < 1.29 is 5.11 Å². The molecule has 0 radical (unpaired) electrons. The molecule has 0 saturated heterocycles. The van der Waals surface area contributed by atoms with Crippen LogP contribution in [0.2, 0.25) is 0 Å². The molecule has 4 aromatic rings. The Balaban J connectivity index is 1.75. The summed E-state index contributed by atoms with van der Waals surface area (Å²) in [5, 5.41) is 15.2. The second kappa shape index (κ2) is 5.01. The lowest BCUT2D eigenvalue weighted by Crippen LogP contribution is -2.09. The van der Waals surface area contributed by atoms with Crippen LogP contribution < -0.4 is 0 Å². The zero-order chi connectivity index (χ0) is 16.3. The molecular weight excluding hydrogens is 320 g/mol. The number of aromatic nitrogens is 4. The molecule has 0 saturated carbocycles. The third-order valence-electron chi connectivity index (χ3n) is 4.75. The number of aromatic hydroxyl groups is 1. The lowest BCUT2D eigenvalue weighted by atomic mass is 9.89. The van der Waals surface area contributed by atoms with E-state index in [9.17, 15) is 5.11 Å². The average Bonchev–Trinajstić information content (AvgIpc) is 3.15. The van der Waals surface area contributed by atoms with Gasteiger partial charge in [-0.2, -0.15) is 0 Å². The van der Waals surface area contributed by atoms with Crippen LogP contribution in [-0.2, 0) is 12.8 Å². The molecule has 0 unspecified atom stereocenters. The van der Waals surface area contributed by atoms with E-state index in [1.807, 2.05) is 12.1 Å². The van der Waals surface area contributed by atoms with E-state index < -0.39 is 0 Å². The molecule has 0 bridgehead atoms. The predicted molar refractivity (Wildman–Crippen MR) is 94.5 cm³/mol. The van der Waals surface area contributed by atoms with Crippen molar-refractivity contribution in [3.8, 4) is 17.1 Å². The van der Waals surface area contributed by atoms with Crippen molar-refractivity contribution in [1.29, 1.82) is 0 Å². The third kappa shape index (κ3) is 2.03. The highest BCUT2D eigenvalue weighted by atomic mass is 32.1. The largest absolute Gasteiger partial charge is 0.508 e. The van der Waals surface area contributed by atoms with E-state index >= 15 is 0 Å². The molecule has 120 valence electrons. The van der Waals surface area contributed by atoms with Gasteiger partial charge in [-0.1, -0.05) is 6.92 Å². The van der Waals surface area contributed by atoms with Crippen molar-refractivity contribution in [3.63, 3.8) is 0 Å². The number of thiophene rings is 1. The maximum absolute atomic E-state index is 9.46. The second-order valence-electron chi connectivity index (χ2n) is 6.53. The molecule has 3 aromatic heterocycles. The summed E-state index contributed by atoms with van der Waals surface area (Å²) in [6.07, 6.45) is 5.24. The first-order valence-corrected chi connectivity index (χ1v) is 8.96. The number of aryl methyl sites for hydroxylation is 1. The molecule has 1 N–H and O–H groups in total. The first-order valence-electron chi connectivity index (χ1n) is 8.14. The van der Waals surface area contributed by atoms with E-state index in [1.165, 1.54) is 22.2 Å². The highest BCUT2D eigenvalue weighted by molar-refractivity contribution is 7.19. The Morgan fingerprint density at radius 3 is 2.92 bits per heavy atom. The van der Waals surface area contributed by atoms with Gasteiger partial charge in [-0.25, -0.2) is 14.5 Å². The van der Waals surface area contributed by atoms with Gasteiger partial charge in [-0.15, -0.1) is 16.4 Å². The summed E-state index contributed by atoms with van der Waals surface area (Å²) in [6, 6.07) is 6.98. The molecule has 0 amide bonds. The van der Waals surface area contributed by atoms with E-state index in [-0.39, 0.29) is 5.75 Å². The van der Waals surface area contributed by atoms with Gasteiger partial charge in [0.1, 0.15) is 16.9 Å². The summed E-state index contributed by atoms with van der Waals surface area (Å²) >= 11 is 1.80. The monoisotopic (exact) mass is 336 g/mol. The molecule has 0 aliphatic heterocycles. The minimum absolute atomic E-state index is 0.243. The fourth-order valence-corrected chi connectivity index (χ4v) is 4.66. The molecule has 1 aliphatic rings. The molecule has 3 heterocycles. The highest BCUT2D eigenvalue weighted by Gasteiger charge is 2.23. The van der Waals surface area contributed by atoms with Gasteiger partial charge in [0.15, 0.2) is 11.5 Å². The Kier molecular flexibility index (Phi) is 2.91. The highest BCUT2D eigenvalue weighted by Crippen LogP contribution is 2.38. The molecule has 5 nitrogen and oxygen atoms in total. The van der Waals surface area contributed by atoms with Gasteiger partial charge in [0.2, 0.25) is 0 Å². The number of phenolic OH excluding ortho intramolecular Hbond substituents is 1. The number of nitrogens with zero attached hydrogens (tertiary/aromatic N) is 4. The third-order valence-corrected chi connectivity index (χ3v) is 5.95. The lowest BCUT2D eigenvalue weighted by molar-refractivity contribution is 0.475. The first-order chi connectivity index (χ1) is 11.7. The summed E-state index contributed by atoms with van der Waals surface area (Å²) in [6.45, 7) is 2.31. The molecule has 0 fully saturated rings. The van der Waals surface area contributed by atoms with E-state index in [4.69, 9.17) is 4.98 Å². The summed E-state index contributed by atoms with van der Waals surface area (Å²) < 4.78 is 1.77. The van der Waals surface area contributed by atoms with Crippen molar-refractivity contribution in [2.24, 2.45) is 5.92 Å². The van der Waals surface area contributed by atoms with Crippen LogP contribution >= 0.6 is 11.3 Å². The van der Waals surface area contributed by atoms with Crippen LogP contribution in [-0.4, -0.2) is 24.7 Å². The van der Waals surface area contributed by atoms with Crippen molar-refractivity contribution in [2.75, 3.05) is 0 Å². The van der Waals surface area contributed by atoms with Crippen LogP contribution in [0.25, 0.3) is 27.3 Å². The lowest BCUT2D eigenvalue weighted by Gasteiger charge is -2.17. The maximum Gasteiger partial charge on any atom is 0.182 e. The number of rotatable bonds is 1. The molecule has 6 heteroatoms. The van der Waals surface area contributed by atoms with Gasteiger partial charge in [-0.05, 0) is 55.0 Å². The van der Waals surface area contributed by atoms with E-state index in [2.05, 4.69) is 17.0 Å². The fraction of sp³-hybridized carbons (Fsp3) is 0.278. The van der Waals surface area contributed by atoms with Crippen LogP contribution in [0.5, 0.6) is 5.75 Å². The number of benzene rings is 1. The Morgan fingerprint density at radius 1 is 1.25 bits per heavy atom. The van der Waals surface area contributed by atoms with Gasteiger partial charge >= 0.3 is 0 Å². The van der Waals surface area contributed by atoms with Crippen molar-refractivity contribution >= 4 is 27.2 Å². The maximum atomic E-state index is 9.46. The molecule has 24 heavy (non-hydrogen) atoms. The summed E-state index contributed by atoms with van der Waals surface area (Å²) in [5.41, 5.74) is 3.19. The van der Waals surface area contributed by atoms with E-state index in [0.717, 1.165) is 28.9 Å². The summed E-state index contributed by atoms with van der Waals surface area (Å²) in [4.78, 5) is 11.9. The van der Waals surface area contributed by atoms with Gasteiger partial charge < -0.3 is 5.11 Å². The van der Waals surface area contributed by atoms with Crippen LogP contribution in [0.1, 0.15) is 23.8 Å². The van der Waals surface area contributed by atoms with Crippen LogP contribution in [0.15, 0.2) is 30.6 Å². The van der Waals surface area contributed by atoms with Gasteiger partial charge in [-0.3, -0.25) is 0 Å². The average molecular weight is 336 g/mol. The molecule has 0 spiro atoms. The SMILES string of the molecule is C[C@H]1CCc2sc3ncn4nc(-c5ccc(O)cc5)nc4c3c2C1. The minimum Gasteiger partial charge on any atom is -0.508 e. The Hall–Kier alpha value is -2.47. The predicted octanol–water partition coefficient (Wildman–Crippen LogP) is 3.84. The van der Waals surface area contributed by atoms with Gasteiger partial charge in [0.05, 0.1) is 5.39 Å². The van der Waals surface area contributed by atoms with E-state index in [1.54, 1.807) is 34.3 Å². The van der Waals surface area contributed by atoms with Crippen molar-refractivity contribution in [3.05, 3.63) is 41.0 Å². The Labute approximate surface area is 142 Å². The zero-order valence-electron chi connectivity index (χ0n) is 13.2. The van der Waals surface area contributed by atoms with Crippen molar-refractivity contribution in [1.82, 2.24) is 19.6 Å². The van der Waals surface area contributed by atoms with E-state index in [0.29, 0.717) is 11.7 Å². The van der Waals surface area contributed by atoms with Crippen LogP contribution in [0.3, 0.4) is 0 Å². The number of phenols is 1. The number of hydrogen-bond acceptors (Lipinski definition) is 5. The normalized spacial score (nSPS) is 17.5. The second-order valence-corrected chi connectivity index (χ2v) is 7.61. The number of hydrogen-bond donors (Lipinski definition) is 1. The molecule has 1 aliphatic carbocycles.